The topological polar surface area (TPSA) is 101 Å². The van der Waals surface area contributed by atoms with Crippen LogP contribution in [0.2, 0.25) is 0 Å². The average Bonchev–Trinajstić information content (AvgIpc) is 2.62. The maximum atomic E-state index is 13.7. The lowest BCUT2D eigenvalue weighted by molar-refractivity contribution is 0.102. The molecule has 2 aromatic carbocycles. The van der Waals surface area contributed by atoms with Crippen LogP contribution in [0, 0.1) is 5.82 Å². The number of anilines is 1. The number of methoxy groups -OCH3 is 2. The van der Waals surface area contributed by atoms with E-state index in [-0.39, 0.29) is 16.6 Å². The molecule has 1 amide bonds. The van der Waals surface area contributed by atoms with Gasteiger partial charge in [-0.3, -0.25) is 9.59 Å². The largest absolute Gasteiger partial charge is 0.506 e. The molecule has 7 nitrogen and oxygen atoms in total. The Hall–Kier alpha value is -3.55. The molecule has 0 bridgehead atoms. The molecule has 0 aliphatic rings. The smallest absolute Gasteiger partial charge is 0.265 e. The number of aromatic nitrogens is 1. The van der Waals surface area contributed by atoms with Crippen LogP contribution < -0.4 is 20.3 Å². The Bertz CT molecular complexity index is 1060. The van der Waals surface area contributed by atoms with Crippen LogP contribution in [0.1, 0.15) is 10.4 Å². The summed E-state index contributed by atoms with van der Waals surface area (Å²) in [4.78, 5) is 27.2. The summed E-state index contributed by atoms with van der Waals surface area (Å²) in [5, 5.41) is 12.9. The van der Waals surface area contributed by atoms with Gasteiger partial charge >= 0.3 is 0 Å². The number of pyridine rings is 1. The van der Waals surface area contributed by atoms with Crippen LogP contribution in [0.4, 0.5) is 10.1 Å². The Labute approximate surface area is 147 Å². The molecule has 3 aromatic rings. The second-order valence-electron chi connectivity index (χ2n) is 5.36. The number of para-hydroxylation sites is 1. The minimum absolute atomic E-state index is 0.108. The number of carbonyl (C=O) groups excluding carboxylic acids is 1. The minimum atomic E-state index is -0.939. The summed E-state index contributed by atoms with van der Waals surface area (Å²) >= 11 is 0. The van der Waals surface area contributed by atoms with E-state index < -0.39 is 28.6 Å². The van der Waals surface area contributed by atoms with Crippen molar-refractivity contribution in [3.63, 3.8) is 0 Å². The second kappa shape index (κ2) is 6.75. The van der Waals surface area contributed by atoms with E-state index >= 15 is 0 Å². The predicted octanol–water partition coefficient (Wildman–Crippen LogP) is 2.64. The Balaban J connectivity index is 2.13. The number of H-pyrrole nitrogens is 1. The quantitative estimate of drug-likeness (QED) is 0.666. The van der Waals surface area contributed by atoms with Crippen molar-refractivity contribution in [1.29, 1.82) is 0 Å². The third kappa shape index (κ3) is 2.92. The zero-order valence-corrected chi connectivity index (χ0v) is 13.9. The molecule has 0 aliphatic carbocycles. The van der Waals surface area contributed by atoms with Gasteiger partial charge in [-0.25, -0.2) is 4.39 Å². The molecular formula is C18H15FN2O5. The van der Waals surface area contributed by atoms with E-state index in [0.29, 0.717) is 11.5 Å². The Morgan fingerprint density at radius 2 is 1.81 bits per heavy atom. The molecule has 0 aliphatic heterocycles. The van der Waals surface area contributed by atoms with Crippen LogP contribution in [0.25, 0.3) is 10.9 Å². The van der Waals surface area contributed by atoms with Gasteiger partial charge in [0.15, 0.2) is 11.5 Å². The van der Waals surface area contributed by atoms with Crippen molar-refractivity contribution >= 4 is 22.5 Å². The number of rotatable bonds is 4. The normalized spacial score (nSPS) is 10.6. The number of aromatic hydroxyl groups is 1. The zero-order valence-electron chi connectivity index (χ0n) is 13.9. The highest BCUT2D eigenvalue weighted by Gasteiger charge is 2.21. The van der Waals surface area contributed by atoms with Crippen molar-refractivity contribution in [2.24, 2.45) is 0 Å². The molecule has 134 valence electrons. The van der Waals surface area contributed by atoms with Gasteiger partial charge < -0.3 is 24.9 Å². The molecule has 1 heterocycles. The summed E-state index contributed by atoms with van der Waals surface area (Å²) in [5.74, 6) is -1.49. The summed E-state index contributed by atoms with van der Waals surface area (Å²) < 4.78 is 24.0. The van der Waals surface area contributed by atoms with Crippen LogP contribution in [0.3, 0.4) is 0 Å². The fourth-order valence-corrected chi connectivity index (χ4v) is 2.56. The van der Waals surface area contributed by atoms with E-state index in [1.54, 1.807) is 0 Å². The number of amides is 1. The van der Waals surface area contributed by atoms with Gasteiger partial charge in [-0.2, -0.15) is 0 Å². The van der Waals surface area contributed by atoms with Gasteiger partial charge in [0.1, 0.15) is 17.1 Å². The highest BCUT2D eigenvalue weighted by Crippen LogP contribution is 2.35. The fraction of sp³-hybridized carbons (Fsp3) is 0.111. The van der Waals surface area contributed by atoms with Gasteiger partial charge in [0.2, 0.25) is 0 Å². The van der Waals surface area contributed by atoms with Crippen LogP contribution in [0.5, 0.6) is 17.2 Å². The van der Waals surface area contributed by atoms with Crippen LogP contribution in [-0.2, 0) is 0 Å². The fourth-order valence-electron chi connectivity index (χ4n) is 2.56. The van der Waals surface area contributed by atoms with Gasteiger partial charge in [-0.15, -0.1) is 0 Å². The van der Waals surface area contributed by atoms with Crippen molar-refractivity contribution in [3.8, 4) is 17.2 Å². The van der Waals surface area contributed by atoms with E-state index in [0.717, 1.165) is 6.07 Å². The average molecular weight is 358 g/mol. The Morgan fingerprint density at radius 1 is 1.15 bits per heavy atom. The number of benzene rings is 2. The maximum Gasteiger partial charge on any atom is 0.265 e. The summed E-state index contributed by atoms with van der Waals surface area (Å²) in [6.45, 7) is 0. The number of carbonyl (C=O) groups is 1. The number of halogens is 1. The lowest BCUT2D eigenvalue weighted by Crippen LogP contribution is -2.23. The molecule has 0 spiro atoms. The maximum absolute atomic E-state index is 13.7. The van der Waals surface area contributed by atoms with Crippen LogP contribution in [-0.4, -0.2) is 30.2 Å². The van der Waals surface area contributed by atoms with Crippen molar-refractivity contribution < 1.29 is 23.8 Å². The third-order valence-electron chi connectivity index (χ3n) is 3.84. The van der Waals surface area contributed by atoms with Gasteiger partial charge in [0, 0.05) is 11.5 Å². The van der Waals surface area contributed by atoms with Crippen molar-refractivity contribution in [2.75, 3.05) is 19.5 Å². The lowest BCUT2D eigenvalue weighted by Gasteiger charge is -2.12. The number of aromatic amines is 1. The molecule has 0 unspecified atom stereocenters. The van der Waals surface area contributed by atoms with Crippen LogP contribution >= 0.6 is 0 Å². The molecule has 0 radical (unpaired) electrons. The zero-order chi connectivity index (χ0) is 18.8. The van der Waals surface area contributed by atoms with Crippen molar-refractivity contribution in [3.05, 3.63) is 58.1 Å². The van der Waals surface area contributed by atoms with Gasteiger partial charge in [-0.05, 0) is 18.2 Å². The summed E-state index contributed by atoms with van der Waals surface area (Å²) in [7, 11) is 2.84. The SMILES string of the molecule is COc1cc2[nH]c(=O)c(C(=O)Nc3ccccc3F)c(O)c2cc1OC. The van der Waals surface area contributed by atoms with Crippen molar-refractivity contribution in [2.45, 2.75) is 0 Å². The molecule has 0 saturated carbocycles. The molecule has 1 aromatic heterocycles. The highest BCUT2D eigenvalue weighted by molar-refractivity contribution is 6.09. The first-order valence-electron chi connectivity index (χ1n) is 7.53. The highest BCUT2D eigenvalue weighted by atomic mass is 19.1. The van der Waals surface area contributed by atoms with Gasteiger partial charge in [0.25, 0.3) is 11.5 Å². The van der Waals surface area contributed by atoms with E-state index in [1.807, 2.05) is 0 Å². The first-order chi connectivity index (χ1) is 12.5. The summed E-state index contributed by atoms with van der Waals surface area (Å²) in [6, 6.07) is 8.39. The number of fused-ring (bicyclic) bond motifs is 1. The predicted molar refractivity (Wildman–Crippen MR) is 93.7 cm³/mol. The molecule has 8 heteroatoms. The second-order valence-corrected chi connectivity index (χ2v) is 5.36. The molecule has 0 atom stereocenters. The standard InChI is InChI=1S/C18H15FN2O5/c1-25-13-7-9-12(8-14(13)26-2)21-18(24)15(16(9)22)17(23)20-11-6-4-3-5-10(11)19/h3-8H,1-2H3,(H,20,23)(H2,21,22,24). The van der Waals surface area contributed by atoms with E-state index in [9.17, 15) is 19.1 Å². The summed E-state index contributed by atoms with van der Waals surface area (Å²) in [6.07, 6.45) is 0. The van der Waals surface area contributed by atoms with Crippen molar-refractivity contribution in [1.82, 2.24) is 4.98 Å². The Morgan fingerprint density at radius 3 is 2.46 bits per heavy atom. The molecule has 26 heavy (non-hydrogen) atoms. The first-order valence-corrected chi connectivity index (χ1v) is 7.53. The molecule has 0 fully saturated rings. The van der Waals surface area contributed by atoms with Gasteiger partial charge in [-0.1, -0.05) is 12.1 Å². The molecule has 0 saturated heterocycles. The Kier molecular flexibility index (Phi) is 4.49. The number of ether oxygens (including phenoxy) is 2. The van der Waals surface area contributed by atoms with E-state index in [4.69, 9.17) is 9.47 Å². The molecule has 3 N–H and O–H groups in total. The third-order valence-corrected chi connectivity index (χ3v) is 3.84. The molecular weight excluding hydrogens is 343 g/mol. The van der Waals surface area contributed by atoms with E-state index in [1.165, 1.54) is 44.6 Å². The minimum Gasteiger partial charge on any atom is -0.506 e. The number of hydrogen-bond donors (Lipinski definition) is 3. The number of nitrogens with one attached hydrogen (secondary N) is 2. The first kappa shape index (κ1) is 17.3. The number of hydrogen-bond acceptors (Lipinski definition) is 5. The monoisotopic (exact) mass is 358 g/mol. The molecule has 3 rings (SSSR count). The van der Waals surface area contributed by atoms with E-state index in [2.05, 4.69) is 10.3 Å². The van der Waals surface area contributed by atoms with Gasteiger partial charge in [0.05, 0.1) is 25.4 Å². The van der Waals surface area contributed by atoms with Crippen LogP contribution in [0.15, 0.2) is 41.2 Å². The lowest BCUT2D eigenvalue weighted by atomic mass is 10.1. The summed E-state index contributed by atoms with van der Waals surface area (Å²) in [5.41, 5.74) is -1.21.